The standard InChI is InChI=1S/C13H18N2O2/c14-9-10-5-1-2-6-11(10)12-7-3-4-8-13(12)15(16)17/h3-4,7-8,10-11H,1-2,5-6,9,14H2. The molecule has 0 spiro atoms. The molecule has 1 fully saturated rings. The lowest BCUT2D eigenvalue weighted by atomic mass is 9.75. The van der Waals surface area contributed by atoms with Crippen molar-refractivity contribution in [2.75, 3.05) is 6.54 Å². The molecule has 0 aromatic heterocycles. The predicted octanol–water partition coefficient (Wildman–Crippen LogP) is 2.83. The van der Waals surface area contributed by atoms with Gasteiger partial charge in [0.15, 0.2) is 0 Å². The number of para-hydroxylation sites is 1. The average Bonchev–Trinajstić information content (AvgIpc) is 2.38. The van der Waals surface area contributed by atoms with Crippen molar-refractivity contribution in [3.05, 3.63) is 39.9 Å². The molecule has 2 unspecified atom stereocenters. The molecular weight excluding hydrogens is 216 g/mol. The molecule has 4 heteroatoms. The SMILES string of the molecule is NCC1CCCCC1c1ccccc1[N+](=O)[O-]. The first-order chi connectivity index (χ1) is 8.24. The van der Waals surface area contributed by atoms with Crippen LogP contribution >= 0.6 is 0 Å². The molecule has 2 atom stereocenters. The topological polar surface area (TPSA) is 69.2 Å². The van der Waals surface area contributed by atoms with Gasteiger partial charge in [0.25, 0.3) is 5.69 Å². The van der Waals surface area contributed by atoms with E-state index in [2.05, 4.69) is 0 Å². The molecule has 2 N–H and O–H groups in total. The van der Waals surface area contributed by atoms with Crippen LogP contribution in [0, 0.1) is 16.0 Å². The molecule has 92 valence electrons. The summed E-state index contributed by atoms with van der Waals surface area (Å²) in [6, 6.07) is 7.08. The van der Waals surface area contributed by atoms with Crippen LogP contribution in [-0.4, -0.2) is 11.5 Å². The highest BCUT2D eigenvalue weighted by Gasteiger charge is 2.29. The summed E-state index contributed by atoms with van der Waals surface area (Å²) in [5.41, 5.74) is 6.90. The monoisotopic (exact) mass is 234 g/mol. The molecule has 1 aromatic rings. The van der Waals surface area contributed by atoms with Crippen molar-refractivity contribution >= 4 is 5.69 Å². The predicted molar refractivity (Wildman–Crippen MR) is 66.8 cm³/mol. The Morgan fingerprint density at radius 1 is 1.29 bits per heavy atom. The van der Waals surface area contributed by atoms with E-state index in [9.17, 15) is 10.1 Å². The molecule has 4 nitrogen and oxygen atoms in total. The summed E-state index contributed by atoms with van der Waals surface area (Å²) >= 11 is 0. The highest BCUT2D eigenvalue weighted by atomic mass is 16.6. The van der Waals surface area contributed by atoms with E-state index in [0.29, 0.717) is 12.5 Å². The van der Waals surface area contributed by atoms with Gasteiger partial charge in [-0.15, -0.1) is 0 Å². The van der Waals surface area contributed by atoms with Gasteiger partial charge in [0, 0.05) is 11.6 Å². The van der Waals surface area contributed by atoms with E-state index >= 15 is 0 Å². The van der Waals surface area contributed by atoms with Crippen LogP contribution in [0.4, 0.5) is 5.69 Å². The second-order valence-electron chi connectivity index (χ2n) is 4.70. The Morgan fingerprint density at radius 3 is 2.71 bits per heavy atom. The van der Waals surface area contributed by atoms with E-state index in [0.717, 1.165) is 24.8 Å². The van der Waals surface area contributed by atoms with Crippen molar-refractivity contribution in [2.45, 2.75) is 31.6 Å². The van der Waals surface area contributed by atoms with Crippen LogP contribution in [-0.2, 0) is 0 Å². The maximum absolute atomic E-state index is 11.0. The highest BCUT2D eigenvalue weighted by Crippen LogP contribution is 2.40. The number of nitro benzene ring substituents is 1. The average molecular weight is 234 g/mol. The lowest BCUT2D eigenvalue weighted by molar-refractivity contribution is -0.385. The molecule has 0 bridgehead atoms. The smallest absolute Gasteiger partial charge is 0.272 e. The Bertz CT molecular complexity index is 406. The second kappa shape index (κ2) is 5.27. The first-order valence-corrected chi connectivity index (χ1v) is 6.17. The van der Waals surface area contributed by atoms with Gasteiger partial charge in [-0.25, -0.2) is 0 Å². The normalized spacial score (nSPS) is 24.5. The van der Waals surface area contributed by atoms with E-state index in [1.54, 1.807) is 12.1 Å². The lowest BCUT2D eigenvalue weighted by Crippen LogP contribution is -2.25. The zero-order chi connectivity index (χ0) is 12.3. The lowest BCUT2D eigenvalue weighted by Gasteiger charge is -2.30. The zero-order valence-corrected chi connectivity index (χ0v) is 9.84. The van der Waals surface area contributed by atoms with Crippen molar-refractivity contribution < 1.29 is 4.92 Å². The molecular formula is C13H18N2O2. The molecule has 1 saturated carbocycles. The third-order valence-corrected chi connectivity index (χ3v) is 3.74. The van der Waals surface area contributed by atoms with Gasteiger partial charge >= 0.3 is 0 Å². The van der Waals surface area contributed by atoms with E-state index in [-0.39, 0.29) is 16.5 Å². The van der Waals surface area contributed by atoms with Gasteiger partial charge in [0.1, 0.15) is 0 Å². The van der Waals surface area contributed by atoms with Crippen LogP contribution < -0.4 is 5.73 Å². The molecule has 1 aliphatic carbocycles. The summed E-state index contributed by atoms with van der Waals surface area (Å²) < 4.78 is 0. The molecule has 2 rings (SSSR count). The van der Waals surface area contributed by atoms with Crippen molar-refractivity contribution in [1.29, 1.82) is 0 Å². The summed E-state index contributed by atoms with van der Waals surface area (Å²) in [6.07, 6.45) is 4.45. The van der Waals surface area contributed by atoms with Gasteiger partial charge < -0.3 is 5.73 Å². The fraction of sp³-hybridized carbons (Fsp3) is 0.538. The third kappa shape index (κ3) is 2.47. The van der Waals surface area contributed by atoms with E-state index in [4.69, 9.17) is 5.73 Å². The second-order valence-corrected chi connectivity index (χ2v) is 4.70. The minimum absolute atomic E-state index is 0.248. The van der Waals surface area contributed by atoms with Crippen LogP contribution in [0.1, 0.15) is 37.2 Å². The van der Waals surface area contributed by atoms with Gasteiger partial charge in [-0.2, -0.15) is 0 Å². The Hall–Kier alpha value is -1.42. The fourth-order valence-electron chi connectivity index (χ4n) is 2.87. The minimum atomic E-state index is -0.280. The number of rotatable bonds is 3. The third-order valence-electron chi connectivity index (χ3n) is 3.74. The summed E-state index contributed by atoms with van der Waals surface area (Å²) in [4.78, 5) is 10.8. The number of benzene rings is 1. The highest BCUT2D eigenvalue weighted by molar-refractivity contribution is 5.42. The van der Waals surface area contributed by atoms with Crippen LogP contribution in [0.3, 0.4) is 0 Å². The summed E-state index contributed by atoms with van der Waals surface area (Å²) in [5, 5.41) is 11.0. The molecule has 0 heterocycles. The van der Waals surface area contributed by atoms with Gasteiger partial charge in [0.05, 0.1) is 4.92 Å². The number of hydrogen-bond donors (Lipinski definition) is 1. The van der Waals surface area contributed by atoms with Crippen LogP contribution in [0.2, 0.25) is 0 Å². The van der Waals surface area contributed by atoms with Gasteiger partial charge in [-0.05, 0) is 31.2 Å². The van der Waals surface area contributed by atoms with Gasteiger partial charge in [0.2, 0.25) is 0 Å². The summed E-state index contributed by atoms with van der Waals surface area (Å²) in [6.45, 7) is 0.622. The van der Waals surface area contributed by atoms with Crippen molar-refractivity contribution in [3.8, 4) is 0 Å². The first kappa shape index (κ1) is 12.0. The van der Waals surface area contributed by atoms with Crippen molar-refractivity contribution in [3.63, 3.8) is 0 Å². The molecule has 1 aliphatic rings. The Kier molecular flexibility index (Phi) is 3.74. The fourth-order valence-corrected chi connectivity index (χ4v) is 2.87. The van der Waals surface area contributed by atoms with Crippen LogP contribution in [0.15, 0.2) is 24.3 Å². The minimum Gasteiger partial charge on any atom is -0.330 e. The summed E-state index contributed by atoms with van der Waals surface area (Å²) in [5.74, 6) is 0.653. The molecule has 0 amide bonds. The van der Waals surface area contributed by atoms with E-state index in [1.165, 1.54) is 6.42 Å². The van der Waals surface area contributed by atoms with Crippen molar-refractivity contribution in [1.82, 2.24) is 0 Å². The number of nitrogens with two attached hydrogens (primary N) is 1. The Balaban J connectivity index is 2.34. The number of nitrogens with zero attached hydrogens (tertiary/aromatic N) is 1. The van der Waals surface area contributed by atoms with Gasteiger partial charge in [-0.1, -0.05) is 31.0 Å². The largest absolute Gasteiger partial charge is 0.330 e. The van der Waals surface area contributed by atoms with E-state index < -0.39 is 0 Å². The molecule has 0 saturated heterocycles. The molecule has 0 aliphatic heterocycles. The van der Waals surface area contributed by atoms with Crippen LogP contribution in [0.25, 0.3) is 0 Å². The number of hydrogen-bond acceptors (Lipinski definition) is 3. The first-order valence-electron chi connectivity index (χ1n) is 6.17. The van der Waals surface area contributed by atoms with Crippen LogP contribution in [0.5, 0.6) is 0 Å². The zero-order valence-electron chi connectivity index (χ0n) is 9.84. The maximum Gasteiger partial charge on any atom is 0.272 e. The molecule has 17 heavy (non-hydrogen) atoms. The molecule has 0 radical (unpaired) electrons. The van der Waals surface area contributed by atoms with Gasteiger partial charge in [-0.3, -0.25) is 10.1 Å². The van der Waals surface area contributed by atoms with Crippen molar-refractivity contribution in [2.24, 2.45) is 11.7 Å². The Labute approximate surface area is 101 Å². The molecule has 1 aromatic carbocycles. The quantitative estimate of drug-likeness (QED) is 0.645. The summed E-state index contributed by atoms with van der Waals surface area (Å²) in [7, 11) is 0. The Morgan fingerprint density at radius 2 is 2.00 bits per heavy atom. The number of nitro groups is 1. The van der Waals surface area contributed by atoms with E-state index in [1.807, 2.05) is 12.1 Å². The maximum atomic E-state index is 11.0.